The van der Waals surface area contributed by atoms with E-state index in [9.17, 15) is 29.7 Å². The van der Waals surface area contributed by atoms with Crippen LogP contribution in [0.25, 0.3) is 0 Å². The Labute approximate surface area is 240 Å². The van der Waals surface area contributed by atoms with E-state index in [1.54, 1.807) is 13.1 Å². The summed E-state index contributed by atoms with van der Waals surface area (Å²) in [6.07, 6.45) is 7.62. The number of unbranched alkanes of at least 4 members (excludes halogenated alkanes) is 8. The number of hydrogen-bond donors (Lipinski definition) is 4. The second-order valence-electron chi connectivity index (χ2n) is 11.3. The van der Waals surface area contributed by atoms with Crippen LogP contribution in [0.2, 0.25) is 0 Å². The number of aliphatic hydroxyl groups is 3. The first-order chi connectivity index (χ1) is 19.0. The molecule has 10 heteroatoms. The third kappa shape index (κ3) is 13.6. The van der Waals surface area contributed by atoms with Crippen molar-refractivity contribution in [3.8, 4) is 0 Å². The third-order valence-electron chi connectivity index (χ3n) is 7.24. The van der Waals surface area contributed by atoms with Crippen molar-refractivity contribution in [2.45, 2.75) is 134 Å². The Morgan fingerprint density at radius 2 is 1.57 bits per heavy atom. The van der Waals surface area contributed by atoms with Crippen LogP contribution in [0.5, 0.6) is 0 Å². The quantitative estimate of drug-likeness (QED) is 0.105. The SMILES string of the molecule is CCCCCCCCCCCC(=O)OC1CCC(NC(=O)C(OC)C(O)C(O)C(O)C=CC(C)C)C(=O)N(C)C1. The minimum atomic E-state index is -1.73. The van der Waals surface area contributed by atoms with E-state index < -0.39 is 42.5 Å². The van der Waals surface area contributed by atoms with Gasteiger partial charge in [-0.25, -0.2) is 0 Å². The predicted octanol–water partition coefficient (Wildman–Crippen LogP) is 2.87. The molecule has 4 N–H and O–H groups in total. The van der Waals surface area contributed by atoms with Gasteiger partial charge in [0, 0.05) is 20.6 Å². The predicted molar refractivity (Wildman–Crippen MR) is 153 cm³/mol. The van der Waals surface area contributed by atoms with Crippen LogP contribution >= 0.6 is 0 Å². The number of nitrogens with one attached hydrogen (secondary N) is 1. The number of ether oxygens (including phenoxy) is 2. The van der Waals surface area contributed by atoms with Gasteiger partial charge in [-0.05, 0) is 25.2 Å². The van der Waals surface area contributed by atoms with Gasteiger partial charge in [0.1, 0.15) is 30.5 Å². The lowest BCUT2D eigenvalue weighted by Crippen LogP contribution is -2.55. The number of rotatable bonds is 19. The number of likely N-dealkylation sites (N-methyl/N-ethyl adjacent to an activating group) is 1. The molecule has 1 saturated heterocycles. The van der Waals surface area contributed by atoms with E-state index in [2.05, 4.69) is 12.2 Å². The molecule has 0 spiro atoms. The highest BCUT2D eigenvalue weighted by Crippen LogP contribution is 2.18. The molecule has 0 bridgehead atoms. The zero-order chi connectivity index (χ0) is 30.1. The van der Waals surface area contributed by atoms with E-state index in [0.29, 0.717) is 12.8 Å². The highest BCUT2D eigenvalue weighted by molar-refractivity contribution is 5.89. The highest BCUT2D eigenvalue weighted by Gasteiger charge is 2.38. The average Bonchev–Trinajstić information content (AvgIpc) is 3.04. The number of aliphatic hydroxyl groups excluding tert-OH is 3. The summed E-state index contributed by atoms with van der Waals surface area (Å²) >= 11 is 0. The van der Waals surface area contributed by atoms with Crippen LogP contribution in [0.15, 0.2) is 12.2 Å². The largest absolute Gasteiger partial charge is 0.460 e. The molecule has 0 aromatic rings. The molecule has 6 unspecified atom stereocenters. The molecule has 1 fully saturated rings. The number of nitrogens with zero attached hydrogens (tertiary/aromatic N) is 1. The maximum absolute atomic E-state index is 12.9. The molecular weight excluding hydrogens is 516 g/mol. The molecule has 10 nitrogen and oxygen atoms in total. The van der Waals surface area contributed by atoms with Crippen LogP contribution in [-0.4, -0.2) is 95.3 Å². The normalized spacial score (nSPS) is 21.2. The molecule has 1 rings (SSSR count). The first-order valence-corrected chi connectivity index (χ1v) is 15.0. The molecule has 1 aliphatic heterocycles. The summed E-state index contributed by atoms with van der Waals surface area (Å²) in [7, 11) is 2.78. The van der Waals surface area contributed by atoms with Crippen molar-refractivity contribution < 1.29 is 39.2 Å². The number of esters is 1. The second kappa shape index (κ2) is 20.0. The van der Waals surface area contributed by atoms with Crippen LogP contribution in [0.3, 0.4) is 0 Å². The average molecular weight is 571 g/mol. The lowest BCUT2D eigenvalue weighted by Gasteiger charge is -2.28. The molecule has 0 aromatic carbocycles. The van der Waals surface area contributed by atoms with Gasteiger partial charge in [0.2, 0.25) is 5.91 Å². The van der Waals surface area contributed by atoms with Crippen molar-refractivity contribution in [3.05, 3.63) is 12.2 Å². The van der Waals surface area contributed by atoms with E-state index in [-0.39, 0.29) is 30.8 Å². The van der Waals surface area contributed by atoms with Crippen molar-refractivity contribution in [2.24, 2.45) is 5.92 Å². The molecule has 232 valence electrons. The molecule has 6 atom stereocenters. The number of likely N-dealkylation sites (tertiary alicyclic amines) is 1. The number of allylic oxidation sites excluding steroid dienone is 1. The fraction of sp³-hybridized carbons (Fsp3) is 0.833. The lowest BCUT2D eigenvalue weighted by molar-refractivity contribution is -0.151. The highest BCUT2D eigenvalue weighted by atomic mass is 16.5. The van der Waals surface area contributed by atoms with Gasteiger partial charge < -0.3 is 35.0 Å². The Bertz CT molecular complexity index is 775. The summed E-state index contributed by atoms with van der Waals surface area (Å²) in [4.78, 5) is 39.6. The van der Waals surface area contributed by atoms with Gasteiger partial charge in [0.25, 0.3) is 5.91 Å². The first-order valence-electron chi connectivity index (χ1n) is 15.0. The fourth-order valence-corrected chi connectivity index (χ4v) is 4.77. The Hall–Kier alpha value is -2.01. The van der Waals surface area contributed by atoms with Crippen LogP contribution < -0.4 is 5.32 Å². The lowest BCUT2D eigenvalue weighted by atomic mass is 10.00. The molecule has 1 heterocycles. The maximum atomic E-state index is 12.9. The molecular formula is C30H54N2O8. The van der Waals surface area contributed by atoms with E-state index in [1.165, 1.54) is 56.6 Å². The van der Waals surface area contributed by atoms with Gasteiger partial charge in [0.05, 0.1) is 6.54 Å². The molecule has 0 saturated carbocycles. The molecule has 0 aliphatic carbocycles. The molecule has 40 heavy (non-hydrogen) atoms. The van der Waals surface area contributed by atoms with Crippen LogP contribution in [-0.2, 0) is 23.9 Å². The number of carbonyl (C=O) groups excluding carboxylic acids is 3. The van der Waals surface area contributed by atoms with Gasteiger partial charge >= 0.3 is 5.97 Å². The summed E-state index contributed by atoms with van der Waals surface area (Å²) in [5, 5.41) is 33.6. The fourth-order valence-electron chi connectivity index (χ4n) is 4.77. The number of amides is 2. The van der Waals surface area contributed by atoms with Gasteiger partial charge in [0.15, 0.2) is 6.10 Å². The Kier molecular flexibility index (Phi) is 18.0. The number of methoxy groups -OCH3 is 1. The Morgan fingerprint density at radius 1 is 0.975 bits per heavy atom. The maximum Gasteiger partial charge on any atom is 0.306 e. The van der Waals surface area contributed by atoms with E-state index in [0.717, 1.165) is 19.3 Å². The summed E-state index contributed by atoms with van der Waals surface area (Å²) < 4.78 is 10.8. The topological polar surface area (TPSA) is 146 Å². The minimum absolute atomic E-state index is 0.122. The third-order valence-corrected chi connectivity index (χ3v) is 7.24. The van der Waals surface area contributed by atoms with Crippen molar-refractivity contribution in [3.63, 3.8) is 0 Å². The number of hydrogen-bond acceptors (Lipinski definition) is 8. The van der Waals surface area contributed by atoms with Crippen molar-refractivity contribution in [1.82, 2.24) is 10.2 Å². The van der Waals surface area contributed by atoms with Crippen LogP contribution in [0.4, 0.5) is 0 Å². The van der Waals surface area contributed by atoms with Gasteiger partial charge in [-0.3, -0.25) is 14.4 Å². The molecule has 1 aliphatic rings. The van der Waals surface area contributed by atoms with Gasteiger partial charge in [-0.2, -0.15) is 0 Å². The minimum Gasteiger partial charge on any atom is -0.460 e. The smallest absolute Gasteiger partial charge is 0.306 e. The molecule has 0 radical (unpaired) electrons. The molecule has 0 aromatic heterocycles. The van der Waals surface area contributed by atoms with Crippen molar-refractivity contribution in [1.29, 1.82) is 0 Å². The van der Waals surface area contributed by atoms with Gasteiger partial charge in [-0.1, -0.05) is 84.3 Å². The Morgan fingerprint density at radius 3 is 2.15 bits per heavy atom. The molecule has 2 amide bonds. The summed E-state index contributed by atoms with van der Waals surface area (Å²) in [6.45, 7) is 6.21. The van der Waals surface area contributed by atoms with E-state index in [4.69, 9.17) is 9.47 Å². The first kappa shape index (κ1) is 36.0. The van der Waals surface area contributed by atoms with Crippen LogP contribution in [0, 0.1) is 5.92 Å². The zero-order valence-electron chi connectivity index (χ0n) is 25.2. The van der Waals surface area contributed by atoms with Crippen molar-refractivity contribution in [2.75, 3.05) is 20.7 Å². The zero-order valence-corrected chi connectivity index (χ0v) is 25.2. The summed E-state index contributed by atoms with van der Waals surface area (Å²) in [6, 6.07) is -0.911. The standard InChI is InChI=1S/C30H54N2O8/c1-6-7-8-9-10-11-12-13-14-15-25(34)40-22-17-18-23(30(38)32(4)20-22)31-29(37)28(39-5)27(36)26(35)24(33)19-16-21(2)3/h16,19,21-24,26-28,33,35-36H,6-15,17-18,20H2,1-5H3,(H,31,37). The van der Waals surface area contributed by atoms with Gasteiger partial charge in [-0.15, -0.1) is 0 Å². The summed E-state index contributed by atoms with van der Waals surface area (Å²) in [5.74, 6) is -1.30. The van der Waals surface area contributed by atoms with E-state index in [1.807, 2.05) is 13.8 Å². The van der Waals surface area contributed by atoms with Crippen molar-refractivity contribution >= 4 is 17.8 Å². The van der Waals surface area contributed by atoms with E-state index >= 15 is 0 Å². The Balaban J connectivity index is 2.54. The monoisotopic (exact) mass is 570 g/mol. The van der Waals surface area contributed by atoms with Crippen LogP contribution in [0.1, 0.15) is 97.8 Å². The number of carbonyl (C=O) groups is 3. The second-order valence-corrected chi connectivity index (χ2v) is 11.3. The summed E-state index contributed by atoms with van der Waals surface area (Å²) in [5.41, 5.74) is 0.